The van der Waals surface area contributed by atoms with E-state index in [1.165, 1.54) is 12.1 Å². The van der Waals surface area contributed by atoms with Gasteiger partial charge in [-0.05, 0) is 38.5 Å². The maximum atomic E-state index is 14.3. The van der Waals surface area contributed by atoms with Crippen LogP contribution in [-0.4, -0.2) is 51.2 Å². The van der Waals surface area contributed by atoms with Crippen LogP contribution in [0.5, 0.6) is 0 Å². The summed E-state index contributed by atoms with van der Waals surface area (Å²) in [4.78, 5) is 23.2. The van der Waals surface area contributed by atoms with Gasteiger partial charge in [-0.1, -0.05) is 6.07 Å². The number of Topliss-reactive ketones (excluding diaryl/α,β-unsaturated/α-hetero) is 1. The first-order chi connectivity index (χ1) is 14.8. The maximum Gasteiger partial charge on any atom is 0.252 e. The highest BCUT2D eigenvalue weighted by molar-refractivity contribution is 5.82. The summed E-state index contributed by atoms with van der Waals surface area (Å²) in [6.07, 6.45) is 0.177. The zero-order valence-electron chi connectivity index (χ0n) is 17.7. The van der Waals surface area contributed by atoms with Crippen molar-refractivity contribution in [1.82, 2.24) is 25.1 Å². The third-order valence-electron chi connectivity index (χ3n) is 5.33. The van der Waals surface area contributed by atoms with Crippen LogP contribution in [-0.2, 0) is 11.2 Å². The highest BCUT2D eigenvalue weighted by atomic mass is 19.1. The number of nitrogens with one attached hydrogen (secondary N) is 1. The van der Waals surface area contributed by atoms with E-state index in [9.17, 15) is 13.6 Å². The van der Waals surface area contributed by atoms with E-state index in [4.69, 9.17) is 4.98 Å². The number of nitrogens with zero attached hydrogens (tertiary/aromatic N) is 5. The van der Waals surface area contributed by atoms with Gasteiger partial charge in [-0.25, -0.2) is 18.4 Å². The number of carbonyl (C=O) groups is 1. The van der Waals surface area contributed by atoms with Crippen molar-refractivity contribution < 1.29 is 13.6 Å². The Bertz CT molecular complexity index is 1130. The van der Waals surface area contributed by atoms with Crippen LogP contribution >= 0.6 is 0 Å². The second-order valence-corrected chi connectivity index (χ2v) is 7.83. The Balaban J connectivity index is 1.75. The number of anilines is 1. The zero-order chi connectivity index (χ0) is 22.1. The largest absolute Gasteiger partial charge is 0.353 e. The molecule has 4 rings (SSSR count). The summed E-state index contributed by atoms with van der Waals surface area (Å²) in [5.41, 5.74) is 2.62. The lowest BCUT2D eigenvalue weighted by Gasteiger charge is -2.33. The van der Waals surface area contributed by atoms with E-state index in [2.05, 4.69) is 15.4 Å². The van der Waals surface area contributed by atoms with Crippen molar-refractivity contribution in [2.45, 2.75) is 33.2 Å². The fourth-order valence-electron chi connectivity index (χ4n) is 3.74. The first-order valence-corrected chi connectivity index (χ1v) is 10.1. The molecule has 1 saturated heterocycles. The average molecular weight is 426 g/mol. The second-order valence-electron chi connectivity index (χ2n) is 7.83. The van der Waals surface area contributed by atoms with Crippen LogP contribution in [0, 0.1) is 25.5 Å². The van der Waals surface area contributed by atoms with E-state index >= 15 is 0 Å². The molecule has 0 spiro atoms. The third kappa shape index (κ3) is 4.61. The van der Waals surface area contributed by atoms with Gasteiger partial charge in [-0.2, -0.15) is 10.1 Å². The van der Waals surface area contributed by atoms with Gasteiger partial charge in [0, 0.05) is 43.9 Å². The minimum Gasteiger partial charge on any atom is -0.353 e. The minimum atomic E-state index is -0.621. The van der Waals surface area contributed by atoms with Crippen LogP contribution in [0.15, 0.2) is 30.3 Å². The van der Waals surface area contributed by atoms with E-state index in [1.807, 2.05) is 24.8 Å². The summed E-state index contributed by atoms with van der Waals surface area (Å²) < 4.78 is 29.2. The number of piperazine rings is 1. The van der Waals surface area contributed by atoms with E-state index in [-0.39, 0.29) is 18.2 Å². The number of ketones is 1. The first kappa shape index (κ1) is 21.0. The fourth-order valence-corrected chi connectivity index (χ4v) is 3.74. The molecule has 1 aliphatic rings. The summed E-state index contributed by atoms with van der Waals surface area (Å²) in [6, 6.07) is 6.96. The summed E-state index contributed by atoms with van der Waals surface area (Å²) in [5, 5.41) is 7.68. The Kier molecular flexibility index (Phi) is 5.77. The number of rotatable bonds is 5. The molecule has 31 heavy (non-hydrogen) atoms. The summed E-state index contributed by atoms with van der Waals surface area (Å²) in [7, 11) is 0. The van der Waals surface area contributed by atoms with Gasteiger partial charge in [-0.3, -0.25) is 4.79 Å². The highest BCUT2D eigenvalue weighted by Crippen LogP contribution is 2.21. The molecule has 0 amide bonds. The predicted octanol–water partition coefficient (Wildman–Crippen LogP) is 2.52. The molecule has 1 fully saturated rings. The molecule has 1 unspecified atom stereocenters. The van der Waals surface area contributed by atoms with Gasteiger partial charge < -0.3 is 10.2 Å². The molecule has 3 heterocycles. The van der Waals surface area contributed by atoms with Crippen molar-refractivity contribution in [3.05, 3.63) is 64.6 Å². The summed E-state index contributed by atoms with van der Waals surface area (Å²) in [5.74, 6) is -0.164. The lowest BCUT2D eigenvalue weighted by molar-refractivity contribution is -0.118. The van der Waals surface area contributed by atoms with E-state index in [1.54, 1.807) is 17.7 Å². The van der Waals surface area contributed by atoms with Crippen LogP contribution in [0.25, 0.3) is 5.95 Å². The van der Waals surface area contributed by atoms with Gasteiger partial charge >= 0.3 is 0 Å². The Hall–Kier alpha value is -3.20. The summed E-state index contributed by atoms with van der Waals surface area (Å²) in [6.45, 7) is 7.15. The SMILES string of the molecule is CC(=O)C1CN(c2cc(Cc3ccc(F)cc3F)nc(-n3nc(C)cc3C)n2)CCN1. The predicted molar refractivity (Wildman–Crippen MR) is 112 cm³/mol. The normalized spacial score (nSPS) is 16.5. The van der Waals surface area contributed by atoms with Crippen molar-refractivity contribution in [2.75, 3.05) is 24.5 Å². The van der Waals surface area contributed by atoms with E-state index < -0.39 is 11.6 Å². The Morgan fingerprint density at radius 2 is 2.00 bits per heavy atom. The molecule has 1 aromatic carbocycles. The molecule has 9 heteroatoms. The lowest BCUT2D eigenvalue weighted by Crippen LogP contribution is -2.54. The highest BCUT2D eigenvalue weighted by Gasteiger charge is 2.25. The van der Waals surface area contributed by atoms with Gasteiger partial charge in [0.2, 0.25) is 0 Å². The fraction of sp³-hybridized carbons (Fsp3) is 0.364. The van der Waals surface area contributed by atoms with Crippen LogP contribution in [0.4, 0.5) is 14.6 Å². The molecular weight excluding hydrogens is 402 g/mol. The first-order valence-electron chi connectivity index (χ1n) is 10.1. The van der Waals surface area contributed by atoms with Gasteiger partial charge in [0.05, 0.1) is 17.4 Å². The molecule has 1 aliphatic heterocycles. The monoisotopic (exact) mass is 426 g/mol. The number of carbonyl (C=O) groups excluding carboxylic acids is 1. The molecule has 1 atom stereocenters. The molecule has 1 N–H and O–H groups in total. The molecule has 162 valence electrons. The Labute approximate surface area is 179 Å². The van der Waals surface area contributed by atoms with Crippen molar-refractivity contribution in [1.29, 1.82) is 0 Å². The van der Waals surface area contributed by atoms with Crippen LogP contribution < -0.4 is 10.2 Å². The topological polar surface area (TPSA) is 75.9 Å². The van der Waals surface area contributed by atoms with Gasteiger partial charge in [0.1, 0.15) is 23.2 Å². The number of benzene rings is 1. The number of aromatic nitrogens is 4. The van der Waals surface area contributed by atoms with E-state index in [0.717, 1.165) is 17.5 Å². The molecule has 0 saturated carbocycles. The molecule has 0 radical (unpaired) electrons. The van der Waals surface area contributed by atoms with Crippen LogP contribution in [0.2, 0.25) is 0 Å². The maximum absolute atomic E-state index is 14.3. The van der Waals surface area contributed by atoms with Gasteiger partial charge in [0.15, 0.2) is 0 Å². The second kappa shape index (κ2) is 8.50. The molecule has 3 aromatic rings. The van der Waals surface area contributed by atoms with Crippen LogP contribution in [0.1, 0.15) is 29.6 Å². The smallest absolute Gasteiger partial charge is 0.252 e. The quantitative estimate of drug-likeness (QED) is 0.676. The van der Waals surface area contributed by atoms with Crippen molar-refractivity contribution >= 4 is 11.6 Å². The third-order valence-corrected chi connectivity index (χ3v) is 5.33. The molecular formula is C22H24F2N6O. The molecule has 7 nitrogen and oxygen atoms in total. The number of halogens is 2. The van der Waals surface area contributed by atoms with Gasteiger partial charge in [-0.15, -0.1) is 0 Å². The van der Waals surface area contributed by atoms with Crippen molar-refractivity contribution in [3.8, 4) is 5.95 Å². The molecule has 2 aromatic heterocycles. The number of hydrogen-bond donors (Lipinski definition) is 1. The van der Waals surface area contributed by atoms with Crippen LogP contribution in [0.3, 0.4) is 0 Å². The summed E-state index contributed by atoms with van der Waals surface area (Å²) >= 11 is 0. The van der Waals surface area contributed by atoms with Gasteiger partial charge in [0.25, 0.3) is 5.95 Å². The molecule has 0 aliphatic carbocycles. The lowest BCUT2D eigenvalue weighted by atomic mass is 10.1. The average Bonchev–Trinajstić information content (AvgIpc) is 3.08. The number of aryl methyl sites for hydroxylation is 2. The van der Waals surface area contributed by atoms with E-state index in [0.29, 0.717) is 42.7 Å². The minimum absolute atomic E-state index is 0.0612. The Morgan fingerprint density at radius 1 is 1.19 bits per heavy atom. The van der Waals surface area contributed by atoms with Crippen molar-refractivity contribution in [2.24, 2.45) is 0 Å². The van der Waals surface area contributed by atoms with Crippen molar-refractivity contribution in [3.63, 3.8) is 0 Å². The number of hydrogen-bond acceptors (Lipinski definition) is 6. The zero-order valence-corrected chi connectivity index (χ0v) is 17.7. The standard InChI is InChI=1S/C22H24F2N6O/c1-13-8-14(2)30(28-13)22-26-18(9-16-4-5-17(23)10-19(16)24)11-21(27-22)29-7-6-25-20(12-29)15(3)31/h4-5,8,10-11,20,25H,6-7,9,12H2,1-3H3. The molecule has 0 bridgehead atoms. The Morgan fingerprint density at radius 3 is 2.68 bits per heavy atom.